The molecule has 0 aliphatic rings. The van der Waals surface area contributed by atoms with Gasteiger partial charge in [0.25, 0.3) is 5.56 Å². The fraction of sp³-hybridized carbons (Fsp3) is 0.0385. The van der Waals surface area contributed by atoms with E-state index in [4.69, 9.17) is 4.98 Å². The van der Waals surface area contributed by atoms with Gasteiger partial charge >= 0.3 is 0 Å². The number of hydrogen-bond donors (Lipinski definition) is 0. The molecule has 0 radical (unpaired) electrons. The topological polar surface area (TPSA) is 56.9 Å². The van der Waals surface area contributed by atoms with Gasteiger partial charge in [0.05, 0.1) is 22.1 Å². The Morgan fingerprint density at radius 3 is 2.29 bits per heavy atom. The zero-order valence-corrected chi connectivity index (χ0v) is 16.9. The van der Waals surface area contributed by atoms with Crippen LogP contribution in [0.1, 0.15) is 23.1 Å². The number of fused-ring (bicyclic) bond motifs is 2. The molecule has 0 bridgehead atoms. The molecule has 5 rings (SSSR count). The van der Waals surface area contributed by atoms with E-state index in [1.807, 2.05) is 91.1 Å². The fourth-order valence-electron chi connectivity index (χ4n) is 3.85. The first-order valence-corrected chi connectivity index (χ1v) is 10.00. The van der Waals surface area contributed by atoms with Crippen LogP contribution in [0.2, 0.25) is 0 Å². The van der Waals surface area contributed by atoms with Crippen LogP contribution in [-0.4, -0.2) is 20.0 Å². The molecule has 5 aromatic rings. The first-order valence-electron chi connectivity index (χ1n) is 10.00. The van der Waals surface area contributed by atoms with Crippen molar-refractivity contribution in [1.29, 1.82) is 0 Å². The van der Waals surface area contributed by atoms with Gasteiger partial charge in [0.15, 0.2) is 0 Å². The highest BCUT2D eigenvalue weighted by molar-refractivity contribution is 5.98. The highest BCUT2D eigenvalue weighted by Crippen LogP contribution is 2.23. The quantitative estimate of drug-likeness (QED) is 0.416. The van der Waals surface area contributed by atoms with Crippen molar-refractivity contribution < 1.29 is 4.79 Å². The molecule has 0 atom stereocenters. The van der Waals surface area contributed by atoms with Gasteiger partial charge in [0.1, 0.15) is 5.82 Å². The summed E-state index contributed by atoms with van der Waals surface area (Å²) in [5.74, 6) is 0.468. The highest BCUT2D eigenvalue weighted by atomic mass is 16.1. The summed E-state index contributed by atoms with van der Waals surface area (Å²) in [5, 5.41) is 1.53. The van der Waals surface area contributed by atoms with Crippen LogP contribution in [0.3, 0.4) is 0 Å². The summed E-state index contributed by atoms with van der Waals surface area (Å²) >= 11 is 0. The molecular formula is C26H19N3O2. The molecule has 0 saturated heterocycles. The predicted molar refractivity (Wildman–Crippen MR) is 125 cm³/mol. The van der Waals surface area contributed by atoms with Gasteiger partial charge < -0.3 is 0 Å². The Hall–Kier alpha value is -4.25. The molecule has 2 aromatic heterocycles. The number of hydrogen-bond acceptors (Lipinski definition) is 3. The molecular weight excluding hydrogens is 386 g/mol. The molecule has 0 aliphatic heterocycles. The van der Waals surface area contributed by atoms with Crippen molar-refractivity contribution >= 4 is 39.9 Å². The molecule has 0 spiro atoms. The number of aromatic nitrogens is 3. The van der Waals surface area contributed by atoms with Crippen molar-refractivity contribution in [3.05, 3.63) is 107 Å². The van der Waals surface area contributed by atoms with Crippen LogP contribution in [0.5, 0.6) is 0 Å². The van der Waals surface area contributed by atoms with Crippen LogP contribution < -0.4 is 5.56 Å². The molecule has 0 aliphatic carbocycles. The van der Waals surface area contributed by atoms with Crippen molar-refractivity contribution in [2.45, 2.75) is 6.92 Å². The van der Waals surface area contributed by atoms with Gasteiger partial charge in [-0.25, -0.2) is 4.98 Å². The number of rotatable bonds is 3. The zero-order chi connectivity index (χ0) is 21.4. The zero-order valence-electron chi connectivity index (χ0n) is 16.9. The first-order chi connectivity index (χ1) is 15.1. The summed E-state index contributed by atoms with van der Waals surface area (Å²) in [6.07, 6.45) is 5.54. The first kappa shape index (κ1) is 18.8. The maximum atomic E-state index is 13.3. The van der Waals surface area contributed by atoms with Crippen molar-refractivity contribution in [2.75, 3.05) is 0 Å². The summed E-state index contributed by atoms with van der Waals surface area (Å²) in [6.45, 7) is 1.54. The molecule has 0 N–H and O–H groups in total. The summed E-state index contributed by atoms with van der Waals surface area (Å²) in [7, 11) is 0. The van der Waals surface area contributed by atoms with E-state index in [9.17, 15) is 9.59 Å². The Labute approximate surface area is 178 Å². The molecule has 150 valence electrons. The average molecular weight is 405 g/mol. The van der Waals surface area contributed by atoms with Gasteiger partial charge in [-0.1, -0.05) is 48.5 Å². The third kappa shape index (κ3) is 3.26. The number of benzene rings is 3. The predicted octanol–water partition coefficient (Wildman–Crippen LogP) is 5.17. The van der Waals surface area contributed by atoms with Crippen molar-refractivity contribution in [3.8, 4) is 5.69 Å². The van der Waals surface area contributed by atoms with Crippen LogP contribution >= 0.6 is 0 Å². The molecule has 0 saturated carbocycles. The van der Waals surface area contributed by atoms with Gasteiger partial charge in [-0.3, -0.25) is 18.7 Å². The average Bonchev–Trinajstić information content (AvgIpc) is 3.17. The molecule has 5 heteroatoms. The minimum atomic E-state index is -0.123. The summed E-state index contributed by atoms with van der Waals surface area (Å²) in [5.41, 5.74) is 3.00. The standard InChI is InChI=1S/C26H19N3O2/c1-18(30)28-17-19(21-11-6-8-14-24(21)28)15-16-25-27-23-13-7-5-12-22(23)26(31)29(25)20-9-3-2-4-10-20/h2-17H,1H3. The molecule has 0 unspecified atom stereocenters. The summed E-state index contributed by atoms with van der Waals surface area (Å²) < 4.78 is 3.25. The molecule has 2 heterocycles. The lowest BCUT2D eigenvalue weighted by Gasteiger charge is -2.11. The van der Waals surface area contributed by atoms with E-state index in [1.165, 1.54) is 6.92 Å². The van der Waals surface area contributed by atoms with Gasteiger partial charge in [0.2, 0.25) is 5.91 Å². The second-order valence-corrected chi connectivity index (χ2v) is 7.29. The molecule has 3 aromatic carbocycles. The second-order valence-electron chi connectivity index (χ2n) is 7.29. The SMILES string of the molecule is CC(=O)n1cc(C=Cc2nc3ccccc3c(=O)n2-c2ccccc2)c2ccccc21. The smallest absolute Gasteiger partial charge is 0.266 e. The van der Waals surface area contributed by atoms with E-state index in [1.54, 1.807) is 15.2 Å². The van der Waals surface area contributed by atoms with Gasteiger partial charge in [-0.15, -0.1) is 0 Å². The van der Waals surface area contributed by atoms with Gasteiger partial charge in [-0.05, 0) is 42.5 Å². The van der Waals surface area contributed by atoms with Crippen molar-refractivity contribution in [3.63, 3.8) is 0 Å². The minimum Gasteiger partial charge on any atom is -0.287 e. The van der Waals surface area contributed by atoms with Crippen LogP contribution in [0.25, 0.3) is 39.6 Å². The minimum absolute atomic E-state index is 0.0547. The molecule has 31 heavy (non-hydrogen) atoms. The Bertz CT molecular complexity index is 1530. The van der Waals surface area contributed by atoms with E-state index >= 15 is 0 Å². The molecule has 5 nitrogen and oxygen atoms in total. The highest BCUT2D eigenvalue weighted by Gasteiger charge is 2.12. The van der Waals surface area contributed by atoms with E-state index in [-0.39, 0.29) is 11.5 Å². The molecule has 0 fully saturated rings. The lowest BCUT2D eigenvalue weighted by Crippen LogP contribution is -2.22. The maximum absolute atomic E-state index is 13.3. The maximum Gasteiger partial charge on any atom is 0.266 e. The van der Waals surface area contributed by atoms with Crippen LogP contribution in [0.4, 0.5) is 0 Å². The van der Waals surface area contributed by atoms with Crippen molar-refractivity contribution in [1.82, 2.24) is 14.1 Å². The Morgan fingerprint density at radius 2 is 1.52 bits per heavy atom. The number of para-hydroxylation sites is 3. The van der Waals surface area contributed by atoms with Crippen molar-refractivity contribution in [2.24, 2.45) is 0 Å². The van der Waals surface area contributed by atoms with Crippen LogP contribution in [0, 0.1) is 0 Å². The Balaban J connectivity index is 1.73. The monoisotopic (exact) mass is 405 g/mol. The third-order valence-corrected chi connectivity index (χ3v) is 5.31. The summed E-state index contributed by atoms with van der Waals surface area (Å²) in [4.78, 5) is 30.1. The number of carbonyl (C=O) groups is 1. The number of carbonyl (C=O) groups excluding carboxylic acids is 1. The number of nitrogens with zero attached hydrogens (tertiary/aromatic N) is 3. The Morgan fingerprint density at radius 1 is 0.839 bits per heavy atom. The van der Waals surface area contributed by atoms with Gasteiger partial charge in [-0.2, -0.15) is 0 Å². The lowest BCUT2D eigenvalue weighted by molar-refractivity contribution is 0.0941. The van der Waals surface area contributed by atoms with E-state index in [0.717, 1.165) is 22.2 Å². The van der Waals surface area contributed by atoms with E-state index in [2.05, 4.69) is 0 Å². The van der Waals surface area contributed by atoms with Crippen LogP contribution in [-0.2, 0) is 0 Å². The van der Waals surface area contributed by atoms with E-state index in [0.29, 0.717) is 16.7 Å². The van der Waals surface area contributed by atoms with E-state index < -0.39 is 0 Å². The lowest BCUT2D eigenvalue weighted by atomic mass is 10.1. The Kier molecular flexibility index (Phi) is 4.56. The third-order valence-electron chi connectivity index (χ3n) is 5.31. The fourth-order valence-corrected chi connectivity index (χ4v) is 3.85. The molecule has 0 amide bonds. The normalized spacial score (nSPS) is 11.5. The van der Waals surface area contributed by atoms with Crippen LogP contribution in [0.15, 0.2) is 89.9 Å². The summed E-state index contributed by atoms with van der Waals surface area (Å²) in [6, 6.07) is 24.6. The second kappa shape index (κ2) is 7.54. The largest absolute Gasteiger partial charge is 0.287 e. The van der Waals surface area contributed by atoms with Gasteiger partial charge in [0, 0.05) is 24.1 Å².